The first-order valence-electron chi connectivity index (χ1n) is 6.16. The van der Waals surface area contributed by atoms with E-state index < -0.39 is 0 Å². The molecule has 98 valence electrons. The van der Waals surface area contributed by atoms with Crippen molar-refractivity contribution in [3.63, 3.8) is 0 Å². The maximum Gasteiger partial charge on any atom is 0.256 e. The lowest BCUT2D eigenvalue weighted by Gasteiger charge is -2.10. The number of anilines is 1. The van der Waals surface area contributed by atoms with Crippen molar-refractivity contribution in [2.45, 2.75) is 13.8 Å². The number of ether oxygens (including phenoxy) is 1. The zero-order valence-corrected chi connectivity index (χ0v) is 11.0. The molecule has 0 unspecified atom stereocenters. The van der Waals surface area contributed by atoms with E-state index in [2.05, 4.69) is 10.3 Å². The van der Waals surface area contributed by atoms with Gasteiger partial charge in [0.05, 0.1) is 6.61 Å². The number of aromatic nitrogens is 1. The van der Waals surface area contributed by atoms with Crippen molar-refractivity contribution in [3.05, 3.63) is 53.7 Å². The quantitative estimate of drug-likeness (QED) is 0.914. The van der Waals surface area contributed by atoms with E-state index in [1.807, 2.05) is 26.0 Å². The van der Waals surface area contributed by atoms with Crippen LogP contribution < -0.4 is 10.1 Å². The molecule has 2 aromatic rings. The molecule has 0 spiro atoms. The summed E-state index contributed by atoms with van der Waals surface area (Å²) in [5, 5.41) is 2.76. The Labute approximate surface area is 112 Å². The number of pyridine rings is 1. The van der Waals surface area contributed by atoms with E-state index >= 15 is 0 Å². The molecule has 4 nitrogen and oxygen atoms in total. The van der Waals surface area contributed by atoms with Crippen LogP contribution in [0, 0.1) is 6.92 Å². The highest BCUT2D eigenvalue weighted by Gasteiger charge is 2.10. The SMILES string of the molecule is CCOc1cccnc1NC(=O)c1ccc(C)cc1. The van der Waals surface area contributed by atoms with Gasteiger partial charge in [-0.1, -0.05) is 17.7 Å². The summed E-state index contributed by atoms with van der Waals surface area (Å²) in [5.41, 5.74) is 1.71. The van der Waals surface area contributed by atoms with Crippen LogP contribution in [0.15, 0.2) is 42.6 Å². The van der Waals surface area contributed by atoms with Crippen LogP contribution in [0.5, 0.6) is 5.75 Å². The van der Waals surface area contributed by atoms with Gasteiger partial charge in [0.25, 0.3) is 5.91 Å². The molecule has 0 aliphatic rings. The standard InChI is InChI=1S/C15H16N2O2/c1-3-19-13-5-4-10-16-14(13)17-15(18)12-8-6-11(2)7-9-12/h4-10H,3H2,1-2H3,(H,16,17,18). The number of rotatable bonds is 4. The summed E-state index contributed by atoms with van der Waals surface area (Å²) in [6.45, 7) is 4.39. The highest BCUT2D eigenvalue weighted by molar-refractivity contribution is 6.04. The van der Waals surface area contributed by atoms with Crippen LogP contribution in [0.25, 0.3) is 0 Å². The van der Waals surface area contributed by atoms with Crippen LogP contribution in [-0.4, -0.2) is 17.5 Å². The fraction of sp³-hybridized carbons (Fsp3) is 0.200. The van der Waals surface area contributed by atoms with Crippen LogP contribution in [0.2, 0.25) is 0 Å². The molecule has 0 fully saturated rings. The van der Waals surface area contributed by atoms with Gasteiger partial charge < -0.3 is 10.1 Å². The molecule has 0 atom stereocenters. The average molecular weight is 256 g/mol. The molecular weight excluding hydrogens is 240 g/mol. The molecule has 0 radical (unpaired) electrons. The van der Waals surface area contributed by atoms with E-state index in [4.69, 9.17) is 4.74 Å². The van der Waals surface area contributed by atoms with Gasteiger partial charge in [-0.2, -0.15) is 0 Å². The molecule has 0 aliphatic carbocycles. The number of benzene rings is 1. The summed E-state index contributed by atoms with van der Waals surface area (Å²) in [6.07, 6.45) is 1.62. The Bertz CT molecular complexity index is 565. The molecule has 1 amide bonds. The second-order valence-electron chi connectivity index (χ2n) is 4.10. The van der Waals surface area contributed by atoms with E-state index in [9.17, 15) is 4.79 Å². The largest absolute Gasteiger partial charge is 0.490 e. The third-order valence-corrected chi connectivity index (χ3v) is 2.62. The predicted octanol–water partition coefficient (Wildman–Crippen LogP) is 3.04. The van der Waals surface area contributed by atoms with E-state index in [1.54, 1.807) is 30.5 Å². The van der Waals surface area contributed by atoms with Crippen LogP contribution in [0.3, 0.4) is 0 Å². The van der Waals surface area contributed by atoms with Gasteiger partial charge in [-0.05, 0) is 38.1 Å². The predicted molar refractivity (Wildman–Crippen MR) is 74.5 cm³/mol. The highest BCUT2D eigenvalue weighted by Crippen LogP contribution is 2.21. The third-order valence-electron chi connectivity index (χ3n) is 2.62. The summed E-state index contributed by atoms with van der Waals surface area (Å²) in [6, 6.07) is 10.9. The lowest BCUT2D eigenvalue weighted by molar-refractivity contribution is 0.102. The smallest absolute Gasteiger partial charge is 0.256 e. The Morgan fingerprint density at radius 2 is 2.00 bits per heavy atom. The topological polar surface area (TPSA) is 51.2 Å². The zero-order valence-electron chi connectivity index (χ0n) is 11.0. The Morgan fingerprint density at radius 1 is 1.26 bits per heavy atom. The second kappa shape index (κ2) is 6.00. The van der Waals surface area contributed by atoms with E-state index in [0.29, 0.717) is 23.7 Å². The number of amides is 1. The summed E-state index contributed by atoms with van der Waals surface area (Å²) in [5.74, 6) is 0.819. The Kier molecular flexibility index (Phi) is 4.13. The number of hydrogen-bond donors (Lipinski definition) is 1. The Morgan fingerprint density at radius 3 is 2.68 bits per heavy atom. The van der Waals surface area contributed by atoms with E-state index in [1.165, 1.54) is 0 Å². The van der Waals surface area contributed by atoms with Gasteiger partial charge >= 0.3 is 0 Å². The molecule has 1 aromatic heterocycles. The Balaban J connectivity index is 2.16. The van der Waals surface area contributed by atoms with Gasteiger partial charge in [-0.3, -0.25) is 4.79 Å². The molecule has 0 bridgehead atoms. The minimum Gasteiger partial charge on any atom is -0.490 e. The molecule has 1 aromatic carbocycles. The van der Waals surface area contributed by atoms with Gasteiger partial charge in [-0.15, -0.1) is 0 Å². The molecule has 0 aliphatic heterocycles. The molecule has 2 rings (SSSR count). The molecule has 0 saturated carbocycles. The maximum atomic E-state index is 12.1. The van der Waals surface area contributed by atoms with Crippen LogP contribution in [-0.2, 0) is 0 Å². The fourth-order valence-electron chi connectivity index (χ4n) is 1.64. The number of nitrogens with one attached hydrogen (secondary N) is 1. The maximum absolute atomic E-state index is 12.1. The second-order valence-corrected chi connectivity index (χ2v) is 4.10. The van der Waals surface area contributed by atoms with Crippen molar-refractivity contribution in [3.8, 4) is 5.75 Å². The molecule has 0 saturated heterocycles. The van der Waals surface area contributed by atoms with E-state index in [0.717, 1.165) is 5.56 Å². The lowest BCUT2D eigenvalue weighted by atomic mass is 10.1. The van der Waals surface area contributed by atoms with Crippen LogP contribution in [0.4, 0.5) is 5.82 Å². The number of hydrogen-bond acceptors (Lipinski definition) is 3. The van der Waals surface area contributed by atoms with E-state index in [-0.39, 0.29) is 5.91 Å². The molecule has 1 N–H and O–H groups in total. The summed E-state index contributed by atoms with van der Waals surface area (Å²) in [7, 11) is 0. The molecule has 1 heterocycles. The minimum atomic E-state index is -0.195. The monoisotopic (exact) mass is 256 g/mol. The number of carbonyl (C=O) groups is 1. The van der Waals surface area contributed by atoms with Gasteiger partial charge in [0.15, 0.2) is 11.6 Å². The number of aryl methyl sites for hydroxylation is 1. The average Bonchev–Trinajstić information content (AvgIpc) is 2.42. The third kappa shape index (κ3) is 3.31. The zero-order chi connectivity index (χ0) is 13.7. The summed E-state index contributed by atoms with van der Waals surface area (Å²) >= 11 is 0. The van der Waals surface area contributed by atoms with Crippen molar-refractivity contribution in [2.75, 3.05) is 11.9 Å². The first kappa shape index (κ1) is 13.1. The normalized spacial score (nSPS) is 10.0. The summed E-state index contributed by atoms with van der Waals surface area (Å²) < 4.78 is 5.42. The highest BCUT2D eigenvalue weighted by atomic mass is 16.5. The van der Waals surface area contributed by atoms with Crippen LogP contribution >= 0.6 is 0 Å². The van der Waals surface area contributed by atoms with Gasteiger partial charge in [0.1, 0.15) is 0 Å². The number of carbonyl (C=O) groups excluding carboxylic acids is 1. The van der Waals surface area contributed by atoms with Crippen molar-refractivity contribution >= 4 is 11.7 Å². The van der Waals surface area contributed by atoms with Gasteiger partial charge in [0, 0.05) is 11.8 Å². The van der Waals surface area contributed by atoms with Crippen molar-refractivity contribution in [2.24, 2.45) is 0 Å². The molecular formula is C15H16N2O2. The van der Waals surface area contributed by atoms with Crippen LogP contribution in [0.1, 0.15) is 22.8 Å². The molecule has 19 heavy (non-hydrogen) atoms. The fourth-order valence-corrected chi connectivity index (χ4v) is 1.64. The summed E-state index contributed by atoms with van der Waals surface area (Å²) in [4.78, 5) is 16.2. The van der Waals surface area contributed by atoms with Gasteiger partial charge in [0.2, 0.25) is 0 Å². The van der Waals surface area contributed by atoms with Crippen molar-refractivity contribution in [1.29, 1.82) is 0 Å². The first-order valence-corrected chi connectivity index (χ1v) is 6.16. The van der Waals surface area contributed by atoms with Crippen molar-refractivity contribution in [1.82, 2.24) is 4.98 Å². The first-order chi connectivity index (χ1) is 9.20. The van der Waals surface area contributed by atoms with Crippen molar-refractivity contribution < 1.29 is 9.53 Å². The number of nitrogens with zero attached hydrogens (tertiary/aromatic N) is 1. The molecule has 4 heteroatoms. The minimum absolute atomic E-state index is 0.195. The lowest BCUT2D eigenvalue weighted by Crippen LogP contribution is -2.14. The van der Waals surface area contributed by atoms with Gasteiger partial charge in [-0.25, -0.2) is 4.98 Å². The Hall–Kier alpha value is -2.36.